The number of benzene rings is 1. The van der Waals surface area contributed by atoms with Crippen molar-refractivity contribution in [1.29, 1.82) is 0 Å². The lowest BCUT2D eigenvalue weighted by Crippen LogP contribution is -2.02. The number of aldehydes is 1. The Labute approximate surface area is 94.6 Å². The van der Waals surface area contributed by atoms with Gasteiger partial charge in [-0.2, -0.15) is 0 Å². The van der Waals surface area contributed by atoms with Crippen LogP contribution in [0.15, 0.2) is 18.2 Å². The molecule has 16 heavy (non-hydrogen) atoms. The highest BCUT2D eigenvalue weighted by Gasteiger charge is 2.13. The van der Waals surface area contributed by atoms with E-state index >= 15 is 0 Å². The molecule has 0 aliphatic heterocycles. The van der Waals surface area contributed by atoms with Crippen molar-refractivity contribution in [2.45, 2.75) is 20.4 Å². The van der Waals surface area contributed by atoms with E-state index in [1.54, 1.807) is 7.11 Å². The van der Waals surface area contributed by atoms with Crippen molar-refractivity contribution in [1.82, 2.24) is 4.57 Å². The number of hydrogen-bond acceptors (Lipinski definition) is 2. The first-order chi connectivity index (χ1) is 7.70. The molecule has 1 heterocycles. The molecule has 2 rings (SSSR count). The zero-order chi connectivity index (χ0) is 11.7. The first-order valence-corrected chi connectivity index (χ1v) is 5.26. The molecule has 2 aromatic rings. The fourth-order valence-corrected chi connectivity index (χ4v) is 2.14. The molecular formula is C13H15NO2. The van der Waals surface area contributed by atoms with E-state index in [9.17, 15) is 4.79 Å². The maximum Gasteiger partial charge on any atom is 0.143 e. The molecule has 3 nitrogen and oxygen atoms in total. The molecule has 0 saturated heterocycles. The van der Waals surface area contributed by atoms with Gasteiger partial charge in [-0.05, 0) is 25.5 Å². The van der Waals surface area contributed by atoms with Crippen LogP contribution in [0, 0.1) is 13.8 Å². The summed E-state index contributed by atoms with van der Waals surface area (Å²) in [5.74, 6) is 0.815. The van der Waals surface area contributed by atoms with Crippen molar-refractivity contribution < 1.29 is 9.53 Å². The summed E-state index contributed by atoms with van der Waals surface area (Å²) in [6.45, 7) is 4.47. The van der Waals surface area contributed by atoms with Crippen molar-refractivity contribution in [2.24, 2.45) is 0 Å². The molecule has 0 atom stereocenters. The summed E-state index contributed by atoms with van der Waals surface area (Å²) in [4.78, 5) is 10.7. The summed E-state index contributed by atoms with van der Waals surface area (Å²) >= 11 is 0. The highest BCUT2D eigenvalue weighted by molar-refractivity contribution is 5.90. The Bertz CT molecular complexity index is 540. The minimum Gasteiger partial charge on any atom is -0.495 e. The highest BCUT2D eigenvalue weighted by atomic mass is 16.5. The lowest BCUT2D eigenvalue weighted by molar-refractivity contribution is -0.108. The van der Waals surface area contributed by atoms with Crippen LogP contribution in [-0.2, 0) is 11.3 Å². The van der Waals surface area contributed by atoms with Crippen molar-refractivity contribution >= 4 is 17.2 Å². The Morgan fingerprint density at radius 2 is 2.12 bits per heavy atom. The summed E-state index contributed by atoms with van der Waals surface area (Å²) in [5.41, 5.74) is 3.33. The molecule has 0 fully saturated rings. The zero-order valence-corrected chi connectivity index (χ0v) is 9.78. The van der Waals surface area contributed by atoms with Crippen molar-refractivity contribution in [2.75, 3.05) is 7.11 Å². The summed E-state index contributed by atoms with van der Waals surface area (Å²) in [5, 5.41) is 1.15. The van der Waals surface area contributed by atoms with Crippen LogP contribution in [-0.4, -0.2) is 18.0 Å². The Morgan fingerprint density at radius 1 is 1.38 bits per heavy atom. The molecule has 3 heteroatoms. The van der Waals surface area contributed by atoms with Crippen LogP contribution >= 0.6 is 0 Å². The Hall–Kier alpha value is -1.77. The number of aryl methyl sites for hydroxylation is 1. The fourth-order valence-electron chi connectivity index (χ4n) is 2.14. The standard InChI is InChI=1S/C13H15NO2/c1-9-10(2)14(7-8-15)13-11(9)5-4-6-12(13)16-3/h4-6,8H,7H2,1-3H3. The number of rotatable bonds is 3. The largest absolute Gasteiger partial charge is 0.495 e. The van der Waals surface area contributed by atoms with Crippen LogP contribution in [0.4, 0.5) is 0 Å². The number of carbonyl (C=O) groups is 1. The molecule has 0 aliphatic rings. The smallest absolute Gasteiger partial charge is 0.143 e. The van der Waals surface area contributed by atoms with Crippen LogP contribution in [0.5, 0.6) is 5.75 Å². The SMILES string of the molecule is COc1cccc2c(C)c(C)n(CC=O)c12. The van der Waals surface area contributed by atoms with E-state index in [0.717, 1.165) is 28.6 Å². The van der Waals surface area contributed by atoms with Gasteiger partial charge in [0, 0.05) is 11.1 Å². The monoisotopic (exact) mass is 217 g/mol. The van der Waals surface area contributed by atoms with Crippen molar-refractivity contribution in [3.63, 3.8) is 0 Å². The molecule has 0 bridgehead atoms. The maximum absolute atomic E-state index is 10.7. The molecule has 1 aromatic heterocycles. The van der Waals surface area contributed by atoms with Gasteiger partial charge in [0.25, 0.3) is 0 Å². The first kappa shape index (κ1) is 10.7. The van der Waals surface area contributed by atoms with Crippen LogP contribution in [0.3, 0.4) is 0 Å². The van der Waals surface area contributed by atoms with Gasteiger partial charge in [-0.3, -0.25) is 0 Å². The van der Waals surface area contributed by atoms with Gasteiger partial charge in [0.15, 0.2) is 0 Å². The third kappa shape index (κ3) is 1.40. The van der Waals surface area contributed by atoms with Crippen molar-refractivity contribution in [3.8, 4) is 5.75 Å². The number of nitrogens with zero attached hydrogens (tertiary/aromatic N) is 1. The van der Waals surface area contributed by atoms with Crippen LogP contribution in [0.1, 0.15) is 11.3 Å². The van der Waals surface area contributed by atoms with Gasteiger partial charge in [0.05, 0.1) is 19.2 Å². The number of aromatic nitrogens is 1. The van der Waals surface area contributed by atoms with E-state index in [2.05, 4.69) is 13.0 Å². The molecule has 1 aromatic carbocycles. The molecule has 0 saturated carbocycles. The number of para-hydroxylation sites is 1. The predicted molar refractivity (Wildman–Crippen MR) is 64.0 cm³/mol. The van der Waals surface area contributed by atoms with E-state index in [-0.39, 0.29) is 0 Å². The molecule has 0 amide bonds. The van der Waals surface area contributed by atoms with E-state index in [1.165, 1.54) is 5.56 Å². The Morgan fingerprint density at radius 3 is 2.75 bits per heavy atom. The number of methoxy groups -OCH3 is 1. The second kappa shape index (κ2) is 4.00. The van der Waals surface area contributed by atoms with Gasteiger partial charge in [-0.15, -0.1) is 0 Å². The highest BCUT2D eigenvalue weighted by Crippen LogP contribution is 2.31. The normalized spacial score (nSPS) is 10.7. The van der Waals surface area contributed by atoms with Gasteiger partial charge in [0.1, 0.15) is 12.0 Å². The molecule has 0 radical (unpaired) electrons. The number of carbonyl (C=O) groups excluding carboxylic acids is 1. The lowest BCUT2D eigenvalue weighted by Gasteiger charge is -2.07. The van der Waals surface area contributed by atoms with E-state index < -0.39 is 0 Å². The third-order valence-electron chi connectivity index (χ3n) is 3.10. The molecular weight excluding hydrogens is 202 g/mol. The molecule has 0 aliphatic carbocycles. The van der Waals surface area contributed by atoms with Gasteiger partial charge >= 0.3 is 0 Å². The van der Waals surface area contributed by atoms with Crippen LogP contribution < -0.4 is 4.74 Å². The van der Waals surface area contributed by atoms with E-state index in [0.29, 0.717) is 6.54 Å². The Balaban J connectivity index is 2.85. The lowest BCUT2D eigenvalue weighted by atomic mass is 10.1. The van der Waals surface area contributed by atoms with E-state index in [1.807, 2.05) is 23.6 Å². The number of ether oxygens (including phenoxy) is 1. The van der Waals surface area contributed by atoms with Gasteiger partial charge in [-0.1, -0.05) is 12.1 Å². The second-order valence-electron chi connectivity index (χ2n) is 3.84. The number of fused-ring (bicyclic) bond motifs is 1. The fraction of sp³-hybridized carbons (Fsp3) is 0.308. The predicted octanol–water partition coefficient (Wildman–Crippen LogP) is 2.47. The number of hydrogen-bond donors (Lipinski definition) is 0. The average Bonchev–Trinajstić information content (AvgIpc) is 2.55. The summed E-state index contributed by atoms with van der Waals surface area (Å²) < 4.78 is 7.34. The summed E-state index contributed by atoms with van der Waals surface area (Å²) in [6, 6.07) is 5.95. The van der Waals surface area contributed by atoms with Crippen LogP contribution in [0.2, 0.25) is 0 Å². The molecule has 0 unspecified atom stereocenters. The maximum atomic E-state index is 10.7. The minimum atomic E-state index is 0.372. The topological polar surface area (TPSA) is 31.2 Å². The molecule has 0 spiro atoms. The first-order valence-electron chi connectivity index (χ1n) is 5.26. The summed E-state index contributed by atoms with van der Waals surface area (Å²) in [6.07, 6.45) is 0.915. The molecule has 84 valence electrons. The van der Waals surface area contributed by atoms with Gasteiger partial charge < -0.3 is 14.1 Å². The van der Waals surface area contributed by atoms with Crippen LogP contribution in [0.25, 0.3) is 10.9 Å². The minimum absolute atomic E-state index is 0.372. The van der Waals surface area contributed by atoms with E-state index in [4.69, 9.17) is 4.74 Å². The second-order valence-corrected chi connectivity index (χ2v) is 3.84. The quantitative estimate of drug-likeness (QED) is 0.739. The summed E-state index contributed by atoms with van der Waals surface area (Å²) in [7, 11) is 1.65. The average molecular weight is 217 g/mol. The van der Waals surface area contributed by atoms with Gasteiger partial charge in [0.2, 0.25) is 0 Å². The third-order valence-corrected chi connectivity index (χ3v) is 3.10. The van der Waals surface area contributed by atoms with Crippen molar-refractivity contribution in [3.05, 3.63) is 29.5 Å². The zero-order valence-electron chi connectivity index (χ0n) is 9.78. The Kier molecular flexibility index (Phi) is 2.69. The van der Waals surface area contributed by atoms with Gasteiger partial charge in [-0.25, -0.2) is 0 Å². The molecule has 0 N–H and O–H groups in total.